The summed E-state index contributed by atoms with van der Waals surface area (Å²) < 4.78 is 0. The van der Waals surface area contributed by atoms with Crippen molar-refractivity contribution in [2.24, 2.45) is 0 Å². The van der Waals surface area contributed by atoms with Crippen molar-refractivity contribution in [2.75, 3.05) is 6.54 Å². The van der Waals surface area contributed by atoms with Crippen LogP contribution in [0.25, 0.3) is 10.2 Å². The van der Waals surface area contributed by atoms with E-state index < -0.39 is 0 Å². The molecular formula is C10H11N3OS. The molecule has 1 N–H and O–H groups in total. The summed E-state index contributed by atoms with van der Waals surface area (Å²) in [6.45, 7) is 4.48. The molecule has 0 aliphatic rings. The molecular weight excluding hydrogens is 210 g/mol. The predicted molar refractivity (Wildman–Crippen MR) is 60.2 cm³/mol. The Balaban J connectivity index is 2.53. The Morgan fingerprint density at radius 1 is 1.60 bits per heavy atom. The summed E-state index contributed by atoms with van der Waals surface area (Å²) in [5.74, 6) is -0.0296. The summed E-state index contributed by atoms with van der Waals surface area (Å²) >= 11 is 1.39. The molecule has 0 aliphatic carbocycles. The fourth-order valence-electron chi connectivity index (χ4n) is 1.43. The first-order chi connectivity index (χ1) is 7.24. The number of thiophene rings is 1. The molecule has 0 aromatic carbocycles. The molecule has 0 fully saturated rings. The Morgan fingerprint density at radius 2 is 2.40 bits per heavy atom. The van der Waals surface area contributed by atoms with Crippen LogP contribution in [0.5, 0.6) is 0 Å². The van der Waals surface area contributed by atoms with Gasteiger partial charge in [-0.15, -0.1) is 16.4 Å². The lowest BCUT2D eigenvalue weighted by molar-refractivity contribution is 0.0959. The van der Waals surface area contributed by atoms with Crippen LogP contribution in [0.15, 0.2) is 12.3 Å². The zero-order valence-corrected chi connectivity index (χ0v) is 9.39. The molecule has 0 aliphatic heterocycles. The van der Waals surface area contributed by atoms with Gasteiger partial charge in [-0.1, -0.05) is 0 Å². The van der Waals surface area contributed by atoms with Crippen LogP contribution in [0.1, 0.15) is 22.2 Å². The van der Waals surface area contributed by atoms with Gasteiger partial charge in [-0.2, -0.15) is 5.10 Å². The van der Waals surface area contributed by atoms with Crippen molar-refractivity contribution >= 4 is 27.5 Å². The monoisotopic (exact) mass is 221 g/mol. The number of hydrogen-bond acceptors (Lipinski definition) is 4. The van der Waals surface area contributed by atoms with E-state index in [0.717, 1.165) is 20.7 Å². The summed E-state index contributed by atoms with van der Waals surface area (Å²) in [5, 5.41) is 11.6. The van der Waals surface area contributed by atoms with Crippen LogP contribution in [-0.2, 0) is 0 Å². The van der Waals surface area contributed by atoms with Crippen molar-refractivity contribution in [3.8, 4) is 0 Å². The van der Waals surface area contributed by atoms with Gasteiger partial charge in [0.05, 0.1) is 11.1 Å². The number of carbonyl (C=O) groups excluding carboxylic acids is 1. The van der Waals surface area contributed by atoms with Gasteiger partial charge in [-0.3, -0.25) is 4.79 Å². The van der Waals surface area contributed by atoms with E-state index in [0.29, 0.717) is 6.54 Å². The summed E-state index contributed by atoms with van der Waals surface area (Å²) in [6.07, 6.45) is 1.64. The molecule has 2 aromatic heterocycles. The van der Waals surface area contributed by atoms with Gasteiger partial charge in [0.1, 0.15) is 4.83 Å². The summed E-state index contributed by atoms with van der Waals surface area (Å²) in [5.41, 5.74) is 0.982. The molecule has 2 rings (SSSR count). The van der Waals surface area contributed by atoms with Gasteiger partial charge in [0.25, 0.3) is 5.91 Å². The topological polar surface area (TPSA) is 54.9 Å². The van der Waals surface area contributed by atoms with Crippen molar-refractivity contribution in [1.82, 2.24) is 15.5 Å². The van der Waals surface area contributed by atoms with Crippen molar-refractivity contribution < 1.29 is 4.79 Å². The van der Waals surface area contributed by atoms with Crippen molar-refractivity contribution in [2.45, 2.75) is 13.8 Å². The third kappa shape index (κ3) is 1.70. The van der Waals surface area contributed by atoms with Crippen LogP contribution in [0.4, 0.5) is 0 Å². The average Bonchev–Trinajstić information content (AvgIpc) is 2.57. The molecule has 0 bridgehead atoms. The summed E-state index contributed by atoms with van der Waals surface area (Å²) in [6, 6.07) is 1.89. The molecule has 0 unspecified atom stereocenters. The maximum atomic E-state index is 11.7. The van der Waals surface area contributed by atoms with Gasteiger partial charge in [0.2, 0.25) is 0 Å². The van der Waals surface area contributed by atoms with Crippen molar-refractivity contribution in [3.05, 3.63) is 22.7 Å². The SMILES string of the molecule is CCNC(=O)c1sc2nnccc2c1C. The second-order valence-electron chi connectivity index (χ2n) is 3.17. The number of rotatable bonds is 2. The second kappa shape index (κ2) is 3.94. The maximum absolute atomic E-state index is 11.7. The third-order valence-corrected chi connectivity index (χ3v) is 3.36. The highest BCUT2D eigenvalue weighted by atomic mass is 32.1. The lowest BCUT2D eigenvalue weighted by atomic mass is 10.2. The Kier molecular flexibility index (Phi) is 2.64. The van der Waals surface area contributed by atoms with Gasteiger partial charge < -0.3 is 5.32 Å². The molecule has 0 saturated carbocycles. The minimum absolute atomic E-state index is 0.0296. The molecule has 0 radical (unpaired) electrons. The lowest BCUT2D eigenvalue weighted by Gasteiger charge is -1.99. The van der Waals surface area contributed by atoms with Crippen LogP contribution < -0.4 is 5.32 Å². The van der Waals surface area contributed by atoms with Crippen LogP contribution in [0.3, 0.4) is 0 Å². The Morgan fingerprint density at radius 3 is 3.07 bits per heavy atom. The van der Waals surface area contributed by atoms with Crippen LogP contribution in [-0.4, -0.2) is 22.6 Å². The van der Waals surface area contributed by atoms with Gasteiger partial charge >= 0.3 is 0 Å². The second-order valence-corrected chi connectivity index (χ2v) is 4.16. The van der Waals surface area contributed by atoms with Crippen molar-refractivity contribution in [3.63, 3.8) is 0 Å². The van der Waals surface area contributed by atoms with Gasteiger partial charge in [0.15, 0.2) is 0 Å². The standard InChI is InChI=1S/C10H11N3OS/c1-3-11-9(14)8-6(2)7-4-5-12-13-10(7)15-8/h4-5H,3H2,1-2H3,(H,11,14). The zero-order chi connectivity index (χ0) is 10.8. The van der Waals surface area contributed by atoms with E-state index in [1.165, 1.54) is 11.3 Å². The number of fused-ring (bicyclic) bond motifs is 1. The molecule has 2 heterocycles. The number of aromatic nitrogens is 2. The molecule has 0 spiro atoms. The van der Waals surface area contributed by atoms with E-state index in [1.54, 1.807) is 6.20 Å². The number of nitrogens with one attached hydrogen (secondary N) is 1. The number of nitrogens with zero attached hydrogens (tertiary/aromatic N) is 2. The van der Waals surface area contributed by atoms with E-state index >= 15 is 0 Å². The molecule has 2 aromatic rings. The number of carbonyl (C=O) groups is 1. The molecule has 15 heavy (non-hydrogen) atoms. The van der Waals surface area contributed by atoms with Crippen LogP contribution >= 0.6 is 11.3 Å². The first kappa shape index (κ1) is 10.0. The van der Waals surface area contributed by atoms with Gasteiger partial charge in [0, 0.05) is 11.9 Å². The fourth-order valence-corrected chi connectivity index (χ4v) is 2.47. The molecule has 78 valence electrons. The highest BCUT2D eigenvalue weighted by Crippen LogP contribution is 2.28. The largest absolute Gasteiger partial charge is 0.352 e. The van der Waals surface area contributed by atoms with Gasteiger partial charge in [-0.25, -0.2) is 0 Å². The smallest absolute Gasteiger partial charge is 0.261 e. The van der Waals surface area contributed by atoms with E-state index in [4.69, 9.17) is 0 Å². The molecule has 5 heteroatoms. The maximum Gasteiger partial charge on any atom is 0.261 e. The van der Waals surface area contributed by atoms with Crippen LogP contribution in [0, 0.1) is 6.92 Å². The van der Waals surface area contributed by atoms with E-state index in [2.05, 4.69) is 15.5 Å². The Hall–Kier alpha value is -1.49. The summed E-state index contributed by atoms with van der Waals surface area (Å²) in [4.78, 5) is 13.2. The van der Waals surface area contributed by atoms with Crippen molar-refractivity contribution in [1.29, 1.82) is 0 Å². The zero-order valence-electron chi connectivity index (χ0n) is 8.57. The first-order valence-electron chi connectivity index (χ1n) is 4.73. The highest BCUT2D eigenvalue weighted by molar-refractivity contribution is 7.20. The number of amides is 1. The van der Waals surface area contributed by atoms with E-state index in [-0.39, 0.29) is 5.91 Å². The Labute approximate surface area is 91.3 Å². The molecule has 0 atom stereocenters. The van der Waals surface area contributed by atoms with E-state index in [1.807, 2.05) is 19.9 Å². The minimum atomic E-state index is -0.0296. The predicted octanol–water partition coefficient (Wildman–Crippen LogP) is 1.75. The number of hydrogen-bond donors (Lipinski definition) is 1. The normalized spacial score (nSPS) is 10.5. The molecule has 1 amide bonds. The van der Waals surface area contributed by atoms with E-state index in [9.17, 15) is 4.79 Å². The average molecular weight is 221 g/mol. The first-order valence-corrected chi connectivity index (χ1v) is 5.54. The lowest BCUT2D eigenvalue weighted by Crippen LogP contribution is -2.22. The number of aryl methyl sites for hydroxylation is 1. The quantitative estimate of drug-likeness (QED) is 0.840. The molecule has 0 saturated heterocycles. The highest BCUT2D eigenvalue weighted by Gasteiger charge is 2.15. The van der Waals surface area contributed by atoms with Crippen LogP contribution in [0.2, 0.25) is 0 Å². The minimum Gasteiger partial charge on any atom is -0.352 e. The summed E-state index contributed by atoms with van der Waals surface area (Å²) in [7, 11) is 0. The van der Waals surface area contributed by atoms with Gasteiger partial charge in [-0.05, 0) is 25.5 Å². The Bertz CT molecular complexity index is 506. The fraction of sp³-hybridized carbons (Fsp3) is 0.300. The molecule has 4 nitrogen and oxygen atoms in total. The third-order valence-electron chi connectivity index (χ3n) is 2.17.